The van der Waals surface area contributed by atoms with Crippen LogP contribution in [0.5, 0.6) is 0 Å². The van der Waals surface area contributed by atoms with Gasteiger partial charge in [0.05, 0.1) is 24.1 Å². The van der Waals surface area contributed by atoms with Crippen LogP contribution < -0.4 is 10.6 Å². The standard InChI is InChI=1S/C22H31N3O3/c26-20-11-10-18(21(24-20)19-9-5-13-28-19)23-22(27)17-8-4-12-25(15-17)14-16-6-2-1-3-7-16/h1-3,6-7,17-19,21H,4-5,8-15H2,(H,23,27)(H,24,26). The van der Waals surface area contributed by atoms with Crippen LogP contribution in [0, 0.1) is 5.92 Å². The summed E-state index contributed by atoms with van der Waals surface area (Å²) >= 11 is 0. The van der Waals surface area contributed by atoms with Gasteiger partial charge in [-0.1, -0.05) is 30.3 Å². The lowest BCUT2D eigenvalue weighted by atomic mass is 9.90. The highest BCUT2D eigenvalue weighted by atomic mass is 16.5. The Balaban J connectivity index is 1.34. The predicted molar refractivity (Wildman–Crippen MR) is 107 cm³/mol. The Labute approximate surface area is 167 Å². The highest BCUT2D eigenvalue weighted by Gasteiger charge is 2.38. The Morgan fingerprint density at radius 2 is 2.04 bits per heavy atom. The lowest BCUT2D eigenvalue weighted by Crippen LogP contribution is -2.61. The molecule has 3 heterocycles. The minimum absolute atomic E-state index is 0.0141. The number of piperidine rings is 2. The molecule has 0 radical (unpaired) electrons. The smallest absolute Gasteiger partial charge is 0.224 e. The molecule has 2 amide bonds. The number of carbonyl (C=O) groups is 2. The molecular weight excluding hydrogens is 354 g/mol. The summed E-state index contributed by atoms with van der Waals surface area (Å²) in [5, 5.41) is 6.33. The van der Waals surface area contributed by atoms with Crippen molar-refractivity contribution in [2.24, 2.45) is 5.92 Å². The lowest BCUT2D eigenvalue weighted by Gasteiger charge is -2.38. The van der Waals surface area contributed by atoms with Crippen LogP contribution in [0.25, 0.3) is 0 Å². The van der Waals surface area contributed by atoms with Gasteiger partial charge in [0.2, 0.25) is 11.8 Å². The highest BCUT2D eigenvalue weighted by molar-refractivity contribution is 5.81. The molecule has 3 saturated heterocycles. The van der Waals surface area contributed by atoms with Gasteiger partial charge in [0.15, 0.2) is 0 Å². The van der Waals surface area contributed by atoms with E-state index in [0.29, 0.717) is 12.8 Å². The molecule has 1 aromatic carbocycles. The lowest BCUT2D eigenvalue weighted by molar-refractivity contribution is -0.131. The van der Waals surface area contributed by atoms with Crippen molar-refractivity contribution in [1.29, 1.82) is 0 Å². The number of nitrogens with zero attached hydrogens (tertiary/aromatic N) is 1. The maximum absolute atomic E-state index is 13.0. The minimum Gasteiger partial charge on any atom is -0.376 e. The van der Waals surface area contributed by atoms with Crippen molar-refractivity contribution in [3.63, 3.8) is 0 Å². The third kappa shape index (κ3) is 4.73. The van der Waals surface area contributed by atoms with Crippen LogP contribution in [-0.2, 0) is 20.9 Å². The van der Waals surface area contributed by atoms with Crippen molar-refractivity contribution in [3.8, 4) is 0 Å². The number of carbonyl (C=O) groups excluding carboxylic acids is 2. The maximum Gasteiger partial charge on any atom is 0.224 e. The number of amides is 2. The molecule has 4 unspecified atom stereocenters. The van der Waals surface area contributed by atoms with E-state index in [1.54, 1.807) is 0 Å². The molecule has 2 N–H and O–H groups in total. The predicted octanol–water partition coefficient (Wildman–Crippen LogP) is 1.84. The summed E-state index contributed by atoms with van der Waals surface area (Å²) in [6, 6.07) is 10.3. The second-order valence-corrected chi connectivity index (χ2v) is 8.36. The van der Waals surface area contributed by atoms with Crippen LogP contribution in [0.4, 0.5) is 0 Å². The van der Waals surface area contributed by atoms with Crippen LogP contribution in [0.3, 0.4) is 0 Å². The van der Waals surface area contributed by atoms with Gasteiger partial charge in [0.25, 0.3) is 0 Å². The number of hydrogen-bond donors (Lipinski definition) is 2. The molecular formula is C22H31N3O3. The number of hydrogen-bond acceptors (Lipinski definition) is 4. The molecule has 4 rings (SSSR count). The van der Waals surface area contributed by atoms with Gasteiger partial charge in [0, 0.05) is 26.1 Å². The molecule has 0 spiro atoms. The first-order valence-electron chi connectivity index (χ1n) is 10.7. The topological polar surface area (TPSA) is 70.7 Å². The molecule has 1 aromatic rings. The van der Waals surface area contributed by atoms with E-state index >= 15 is 0 Å². The van der Waals surface area contributed by atoms with E-state index in [-0.39, 0.29) is 35.9 Å². The molecule has 3 aliphatic heterocycles. The second-order valence-electron chi connectivity index (χ2n) is 8.36. The first kappa shape index (κ1) is 19.4. The van der Waals surface area contributed by atoms with E-state index in [4.69, 9.17) is 4.74 Å². The normalized spacial score (nSPS) is 31.4. The first-order valence-corrected chi connectivity index (χ1v) is 10.7. The van der Waals surface area contributed by atoms with Crippen LogP contribution in [0.2, 0.25) is 0 Å². The Morgan fingerprint density at radius 1 is 1.18 bits per heavy atom. The van der Waals surface area contributed by atoms with Gasteiger partial charge in [-0.05, 0) is 44.2 Å². The molecule has 0 aliphatic carbocycles. The molecule has 3 aliphatic rings. The zero-order valence-corrected chi connectivity index (χ0v) is 16.4. The second kappa shape index (κ2) is 9.05. The summed E-state index contributed by atoms with van der Waals surface area (Å²) in [7, 11) is 0. The van der Waals surface area contributed by atoms with E-state index in [1.807, 2.05) is 6.07 Å². The zero-order chi connectivity index (χ0) is 19.3. The fourth-order valence-corrected chi connectivity index (χ4v) is 4.78. The van der Waals surface area contributed by atoms with Crippen LogP contribution in [0.15, 0.2) is 30.3 Å². The summed E-state index contributed by atoms with van der Waals surface area (Å²) in [4.78, 5) is 27.3. The Kier molecular flexibility index (Phi) is 6.27. The molecule has 6 nitrogen and oxygen atoms in total. The fraction of sp³-hybridized carbons (Fsp3) is 0.636. The summed E-state index contributed by atoms with van der Waals surface area (Å²) in [6.07, 6.45) is 5.14. The maximum atomic E-state index is 13.0. The minimum atomic E-state index is -0.100. The van der Waals surface area contributed by atoms with Gasteiger partial charge < -0.3 is 15.4 Å². The van der Waals surface area contributed by atoms with E-state index in [1.165, 1.54) is 5.56 Å². The summed E-state index contributed by atoms with van der Waals surface area (Å²) in [6.45, 7) is 3.47. The number of rotatable bonds is 5. The van der Waals surface area contributed by atoms with E-state index in [2.05, 4.69) is 39.8 Å². The van der Waals surface area contributed by atoms with Crippen molar-refractivity contribution in [3.05, 3.63) is 35.9 Å². The van der Waals surface area contributed by atoms with Crippen LogP contribution in [-0.4, -0.2) is 54.6 Å². The van der Waals surface area contributed by atoms with Gasteiger partial charge in [-0.15, -0.1) is 0 Å². The Hall–Kier alpha value is -1.92. The van der Waals surface area contributed by atoms with Crippen LogP contribution >= 0.6 is 0 Å². The third-order valence-corrected chi connectivity index (χ3v) is 6.26. The molecule has 152 valence electrons. The number of nitrogens with one attached hydrogen (secondary N) is 2. The van der Waals surface area contributed by atoms with Crippen molar-refractivity contribution >= 4 is 11.8 Å². The van der Waals surface area contributed by atoms with E-state index in [0.717, 1.165) is 51.9 Å². The van der Waals surface area contributed by atoms with Gasteiger partial charge in [-0.3, -0.25) is 14.5 Å². The molecule has 0 bridgehead atoms. The summed E-state index contributed by atoms with van der Waals surface area (Å²) < 4.78 is 5.81. The number of ether oxygens (including phenoxy) is 1. The first-order chi connectivity index (χ1) is 13.7. The van der Waals surface area contributed by atoms with Crippen molar-refractivity contribution in [1.82, 2.24) is 15.5 Å². The number of benzene rings is 1. The van der Waals surface area contributed by atoms with Gasteiger partial charge in [-0.2, -0.15) is 0 Å². The average molecular weight is 386 g/mol. The molecule has 3 fully saturated rings. The molecule has 0 saturated carbocycles. The van der Waals surface area contributed by atoms with Gasteiger partial charge in [-0.25, -0.2) is 0 Å². The highest BCUT2D eigenvalue weighted by Crippen LogP contribution is 2.24. The number of likely N-dealkylation sites (tertiary alicyclic amines) is 1. The average Bonchev–Trinajstić information content (AvgIpc) is 3.25. The molecule has 6 heteroatoms. The van der Waals surface area contributed by atoms with E-state index in [9.17, 15) is 9.59 Å². The Morgan fingerprint density at radius 3 is 2.82 bits per heavy atom. The Bertz CT molecular complexity index is 675. The SMILES string of the molecule is O=C1CCC(NC(=O)C2CCCN(Cc3ccccc3)C2)C(C2CCCO2)N1. The molecule has 0 aromatic heterocycles. The zero-order valence-electron chi connectivity index (χ0n) is 16.4. The van der Waals surface area contributed by atoms with E-state index < -0.39 is 0 Å². The molecule has 28 heavy (non-hydrogen) atoms. The van der Waals surface area contributed by atoms with Gasteiger partial charge >= 0.3 is 0 Å². The largest absolute Gasteiger partial charge is 0.376 e. The van der Waals surface area contributed by atoms with Crippen molar-refractivity contribution in [2.75, 3.05) is 19.7 Å². The van der Waals surface area contributed by atoms with Gasteiger partial charge in [0.1, 0.15) is 0 Å². The van der Waals surface area contributed by atoms with Crippen molar-refractivity contribution < 1.29 is 14.3 Å². The third-order valence-electron chi connectivity index (χ3n) is 6.26. The summed E-state index contributed by atoms with van der Waals surface area (Å²) in [5.41, 5.74) is 1.29. The summed E-state index contributed by atoms with van der Waals surface area (Å²) in [5.74, 6) is 0.208. The van der Waals surface area contributed by atoms with Crippen LogP contribution in [0.1, 0.15) is 44.1 Å². The fourth-order valence-electron chi connectivity index (χ4n) is 4.78. The van der Waals surface area contributed by atoms with Crippen molar-refractivity contribution in [2.45, 2.75) is 63.3 Å². The monoisotopic (exact) mass is 385 g/mol. The molecule has 4 atom stereocenters. The quantitative estimate of drug-likeness (QED) is 0.811.